The van der Waals surface area contributed by atoms with Gasteiger partial charge in [-0.3, -0.25) is 0 Å². The number of fused-ring (bicyclic) bond motifs is 1. The maximum Gasteiger partial charge on any atom is 0.147 e. The van der Waals surface area contributed by atoms with E-state index in [2.05, 4.69) is 16.0 Å². The molecule has 2 aromatic heterocycles. The van der Waals surface area contributed by atoms with E-state index in [0.29, 0.717) is 34.0 Å². The van der Waals surface area contributed by atoms with Crippen molar-refractivity contribution in [2.75, 3.05) is 0 Å². The maximum atomic E-state index is 9.58. The molecule has 3 rings (SSSR count). The number of aryl methyl sites for hydroxylation is 1. The van der Waals surface area contributed by atoms with Crippen molar-refractivity contribution in [3.05, 3.63) is 34.9 Å². The minimum Gasteiger partial charge on any atom is -0.389 e. The molecule has 5 nitrogen and oxygen atoms in total. The van der Waals surface area contributed by atoms with Crippen LogP contribution >= 0.6 is 11.6 Å². The molecule has 2 heterocycles. The molecule has 1 aliphatic carbocycles. The highest BCUT2D eigenvalue weighted by atomic mass is 35.5. The number of allylic oxidation sites excluding steroid dienone is 1. The molecule has 2 aromatic rings. The smallest absolute Gasteiger partial charge is 0.147 e. The van der Waals surface area contributed by atoms with Crippen LogP contribution in [-0.4, -0.2) is 25.7 Å². The highest BCUT2D eigenvalue weighted by Gasteiger charge is 2.23. The molecule has 96 valence electrons. The third kappa shape index (κ3) is 1.89. The molecule has 0 aliphatic heterocycles. The van der Waals surface area contributed by atoms with Crippen molar-refractivity contribution < 1.29 is 5.11 Å². The van der Waals surface area contributed by atoms with Crippen molar-refractivity contribution in [1.82, 2.24) is 14.5 Å². The van der Waals surface area contributed by atoms with E-state index in [1.54, 1.807) is 19.2 Å². The Kier molecular flexibility index (Phi) is 2.77. The molecule has 19 heavy (non-hydrogen) atoms. The number of nitrogens with zero attached hydrogens (tertiary/aromatic N) is 4. The summed E-state index contributed by atoms with van der Waals surface area (Å²) < 4.78 is 1.88. The van der Waals surface area contributed by atoms with E-state index in [-0.39, 0.29) is 6.04 Å². The van der Waals surface area contributed by atoms with Gasteiger partial charge in [0, 0.05) is 12.6 Å². The van der Waals surface area contributed by atoms with Crippen molar-refractivity contribution in [3.8, 4) is 6.07 Å². The normalized spacial score (nSPS) is 22.0. The van der Waals surface area contributed by atoms with Gasteiger partial charge in [-0.1, -0.05) is 23.8 Å². The second-order valence-electron chi connectivity index (χ2n) is 4.58. The lowest BCUT2D eigenvalue weighted by molar-refractivity contribution is 0.211. The lowest BCUT2D eigenvalue weighted by Crippen LogP contribution is -2.08. The number of hydrogen-bond acceptors (Lipinski definition) is 4. The zero-order chi connectivity index (χ0) is 13.6. The van der Waals surface area contributed by atoms with E-state index < -0.39 is 6.10 Å². The zero-order valence-corrected chi connectivity index (χ0v) is 11.0. The van der Waals surface area contributed by atoms with Crippen LogP contribution in [0.3, 0.4) is 0 Å². The van der Waals surface area contributed by atoms with Crippen LogP contribution in [0.15, 0.2) is 18.3 Å². The Morgan fingerprint density at radius 1 is 1.47 bits per heavy atom. The molecule has 6 heteroatoms. The van der Waals surface area contributed by atoms with Gasteiger partial charge in [-0.05, 0) is 6.92 Å². The van der Waals surface area contributed by atoms with E-state index >= 15 is 0 Å². The summed E-state index contributed by atoms with van der Waals surface area (Å²) >= 11 is 6.11. The Balaban J connectivity index is 2.26. The largest absolute Gasteiger partial charge is 0.389 e. The highest BCUT2D eigenvalue weighted by Crippen LogP contribution is 2.32. The first-order valence-corrected chi connectivity index (χ1v) is 6.29. The van der Waals surface area contributed by atoms with Gasteiger partial charge in [-0.15, -0.1) is 0 Å². The van der Waals surface area contributed by atoms with Gasteiger partial charge in [0.25, 0.3) is 0 Å². The summed E-state index contributed by atoms with van der Waals surface area (Å²) in [4.78, 5) is 8.46. The predicted molar refractivity (Wildman–Crippen MR) is 70.8 cm³/mol. The molecular weight excluding hydrogens is 264 g/mol. The van der Waals surface area contributed by atoms with Gasteiger partial charge in [-0.2, -0.15) is 5.26 Å². The molecule has 0 aromatic carbocycles. The molecule has 0 saturated carbocycles. The molecular formula is C13H11ClN4O. The van der Waals surface area contributed by atoms with Crippen molar-refractivity contribution in [2.24, 2.45) is 0 Å². The van der Waals surface area contributed by atoms with Crippen LogP contribution in [0, 0.1) is 18.3 Å². The van der Waals surface area contributed by atoms with Gasteiger partial charge in [0.2, 0.25) is 0 Å². The van der Waals surface area contributed by atoms with E-state index in [1.807, 2.05) is 10.6 Å². The van der Waals surface area contributed by atoms with Gasteiger partial charge < -0.3 is 9.67 Å². The fraction of sp³-hybridized carbons (Fsp3) is 0.308. The first-order valence-electron chi connectivity index (χ1n) is 5.91. The van der Waals surface area contributed by atoms with Gasteiger partial charge in [0.05, 0.1) is 23.1 Å². The van der Waals surface area contributed by atoms with E-state index in [1.165, 1.54) is 0 Å². The number of aliphatic hydroxyl groups is 1. The summed E-state index contributed by atoms with van der Waals surface area (Å²) in [6.45, 7) is 1.76. The maximum absolute atomic E-state index is 9.58. The third-order valence-electron chi connectivity index (χ3n) is 3.26. The van der Waals surface area contributed by atoms with Crippen LogP contribution in [-0.2, 0) is 0 Å². The van der Waals surface area contributed by atoms with Gasteiger partial charge in [0.1, 0.15) is 22.7 Å². The molecule has 0 radical (unpaired) electrons. The van der Waals surface area contributed by atoms with Gasteiger partial charge in [0.15, 0.2) is 0 Å². The van der Waals surface area contributed by atoms with Crippen LogP contribution in [0.2, 0.25) is 5.15 Å². The lowest BCUT2D eigenvalue weighted by atomic mass is 10.2. The summed E-state index contributed by atoms with van der Waals surface area (Å²) in [5, 5.41) is 19.6. The lowest BCUT2D eigenvalue weighted by Gasteiger charge is -2.12. The van der Waals surface area contributed by atoms with E-state index in [4.69, 9.17) is 11.6 Å². The average molecular weight is 275 g/mol. The summed E-state index contributed by atoms with van der Waals surface area (Å²) in [6, 6.07) is 2.10. The monoisotopic (exact) mass is 274 g/mol. The summed E-state index contributed by atoms with van der Waals surface area (Å²) in [5.74, 6) is 0.559. The minimum absolute atomic E-state index is 0.00929. The minimum atomic E-state index is -0.452. The van der Waals surface area contributed by atoms with Crippen LogP contribution < -0.4 is 0 Å². The number of hydrogen-bond donors (Lipinski definition) is 1. The second-order valence-corrected chi connectivity index (χ2v) is 4.94. The van der Waals surface area contributed by atoms with Gasteiger partial charge in [-0.25, -0.2) is 9.97 Å². The third-order valence-corrected chi connectivity index (χ3v) is 3.53. The second kappa shape index (κ2) is 4.34. The number of rotatable bonds is 1. The number of nitriles is 1. The first-order chi connectivity index (χ1) is 9.10. The van der Waals surface area contributed by atoms with Crippen molar-refractivity contribution in [2.45, 2.75) is 25.5 Å². The summed E-state index contributed by atoms with van der Waals surface area (Å²) in [7, 11) is 0. The highest BCUT2D eigenvalue weighted by molar-refractivity contribution is 6.34. The van der Waals surface area contributed by atoms with Crippen LogP contribution in [0.1, 0.15) is 23.9 Å². The van der Waals surface area contributed by atoms with Crippen molar-refractivity contribution in [3.63, 3.8) is 0 Å². The zero-order valence-electron chi connectivity index (χ0n) is 10.2. The predicted octanol–water partition coefficient (Wildman–Crippen LogP) is 2.13. The topological polar surface area (TPSA) is 74.7 Å². The van der Waals surface area contributed by atoms with E-state index in [0.717, 1.165) is 0 Å². The number of halogens is 1. The molecule has 2 atom stereocenters. The molecule has 0 amide bonds. The molecule has 0 fully saturated rings. The van der Waals surface area contributed by atoms with Crippen LogP contribution in [0.25, 0.3) is 11.0 Å². The summed E-state index contributed by atoms with van der Waals surface area (Å²) in [6.07, 6.45) is 5.51. The van der Waals surface area contributed by atoms with Crippen LogP contribution in [0.4, 0.5) is 0 Å². The molecule has 1 N–H and O–H groups in total. The molecule has 0 unspecified atom stereocenters. The molecule has 0 saturated heterocycles. The van der Waals surface area contributed by atoms with Crippen molar-refractivity contribution in [1.29, 1.82) is 5.26 Å². The Bertz CT molecular complexity index is 728. The van der Waals surface area contributed by atoms with E-state index in [9.17, 15) is 10.4 Å². The molecule has 1 aliphatic rings. The van der Waals surface area contributed by atoms with Gasteiger partial charge >= 0.3 is 0 Å². The Hall–Kier alpha value is -1.90. The molecule has 0 bridgehead atoms. The average Bonchev–Trinajstić information content (AvgIpc) is 2.92. The van der Waals surface area contributed by atoms with Crippen LogP contribution in [0.5, 0.6) is 0 Å². The Morgan fingerprint density at radius 2 is 2.26 bits per heavy atom. The first kappa shape index (κ1) is 12.2. The Labute approximate surface area is 114 Å². The van der Waals surface area contributed by atoms with Crippen molar-refractivity contribution >= 4 is 22.6 Å². The standard InChI is InChI=1S/C13H11ClN4O/c1-7-16-12(14)11-8(5-15)6-18(13(11)17-7)9-2-3-10(19)4-9/h2-3,6,9-10,19H,4H2,1H3/t9-,10+/m0/s1. The number of aromatic nitrogens is 3. The molecule has 0 spiro atoms. The fourth-order valence-corrected chi connectivity index (χ4v) is 2.72. The fourth-order valence-electron chi connectivity index (χ4n) is 2.41. The number of aliphatic hydroxyl groups excluding tert-OH is 1. The quantitative estimate of drug-likeness (QED) is 0.638. The SMILES string of the molecule is Cc1nc(Cl)c2c(C#N)cn([C@H]3C=C[C@@H](O)C3)c2n1. The Morgan fingerprint density at radius 3 is 2.89 bits per heavy atom. The summed E-state index contributed by atoms with van der Waals surface area (Å²) in [5.41, 5.74) is 1.09.